The number of likely N-dealkylation sites (N-methyl/N-ethyl adjacent to an activating group) is 1. The minimum atomic E-state index is -0.915. The Morgan fingerprint density at radius 3 is 1.96 bits per heavy atom. The second kappa shape index (κ2) is 9.53. The number of methoxy groups -OCH3 is 1. The van der Waals surface area contributed by atoms with Gasteiger partial charge in [-0.1, -0.05) is 54.9 Å². The fourth-order valence-corrected chi connectivity index (χ4v) is 3.31. The van der Waals surface area contributed by atoms with Gasteiger partial charge in [-0.3, -0.25) is 9.59 Å². The number of hydrogen-bond donors (Lipinski definition) is 2. The molecule has 0 aromatic rings. The van der Waals surface area contributed by atoms with Crippen LogP contribution in [0.2, 0.25) is 0 Å². The molecule has 6 heteroatoms. The van der Waals surface area contributed by atoms with Crippen LogP contribution in [0.25, 0.3) is 0 Å². The first-order valence-electron chi connectivity index (χ1n) is 9.08. The second-order valence-electron chi connectivity index (χ2n) is 8.48. The van der Waals surface area contributed by atoms with Gasteiger partial charge in [0.1, 0.15) is 0 Å². The SMILES string of the molecule is CC[C@H](C)[C@@H]([C@H](OC)C(C(=O)O)C(C)(C)C)N(C)C(=O)[C@@H](N)C(C)C. The zero-order chi connectivity index (χ0) is 20.1. The summed E-state index contributed by atoms with van der Waals surface area (Å²) in [7, 11) is 3.22. The Kier molecular flexibility index (Phi) is 9.09. The fourth-order valence-electron chi connectivity index (χ4n) is 3.31. The number of carboxylic acids is 1. The zero-order valence-electron chi connectivity index (χ0n) is 17.4. The van der Waals surface area contributed by atoms with Crippen molar-refractivity contribution < 1.29 is 19.4 Å². The van der Waals surface area contributed by atoms with Crippen molar-refractivity contribution in [2.75, 3.05) is 14.2 Å². The summed E-state index contributed by atoms with van der Waals surface area (Å²) >= 11 is 0. The van der Waals surface area contributed by atoms with Gasteiger partial charge in [0, 0.05) is 14.2 Å². The van der Waals surface area contributed by atoms with E-state index in [1.54, 1.807) is 11.9 Å². The highest BCUT2D eigenvalue weighted by molar-refractivity contribution is 5.82. The van der Waals surface area contributed by atoms with Crippen LogP contribution >= 0.6 is 0 Å². The fraction of sp³-hybridized carbons (Fsp3) is 0.895. The molecule has 0 aromatic carbocycles. The van der Waals surface area contributed by atoms with Crippen LogP contribution in [0.5, 0.6) is 0 Å². The maximum Gasteiger partial charge on any atom is 0.309 e. The molecule has 25 heavy (non-hydrogen) atoms. The number of ether oxygens (including phenoxy) is 1. The van der Waals surface area contributed by atoms with E-state index < -0.39 is 29.4 Å². The molecule has 0 rings (SSSR count). The van der Waals surface area contributed by atoms with Crippen LogP contribution in [-0.2, 0) is 14.3 Å². The van der Waals surface area contributed by atoms with Crippen LogP contribution in [0.15, 0.2) is 0 Å². The number of carbonyl (C=O) groups is 2. The van der Waals surface area contributed by atoms with E-state index >= 15 is 0 Å². The molecule has 0 heterocycles. The number of amides is 1. The average molecular weight is 359 g/mol. The Morgan fingerprint density at radius 1 is 1.20 bits per heavy atom. The molecule has 0 saturated carbocycles. The van der Waals surface area contributed by atoms with Crippen LogP contribution in [0.3, 0.4) is 0 Å². The van der Waals surface area contributed by atoms with Gasteiger partial charge in [-0.15, -0.1) is 0 Å². The smallest absolute Gasteiger partial charge is 0.309 e. The molecule has 6 nitrogen and oxygen atoms in total. The first kappa shape index (κ1) is 23.9. The van der Waals surface area contributed by atoms with E-state index in [9.17, 15) is 14.7 Å². The van der Waals surface area contributed by atoms with Gasteiger partial charge >= 0.3 is 5.97 Å². The molecule has 0 fully saturated rings. The van der Waals surface area contributed by atoms with E-state index in [-0.39, 0.29) is 23.8 Å². The van der Waals surface area contributed by atoms with E-state index in [1.165, 1.54) is 7.11 Å². The number of nitrogens with zero attached hydrogens (tertiary/aromatic N) is 1. The third kappa shape index (κ3) is 5.96. The normalized spacial score (nSPS) is 18.4. The van der Waals surface area contributed by atoms with Crippen LogP contribution in [-0.4, -0.2) is 54.2 Å². The predicted molar refractivity (Wildman–Crippen MR) is 100 cm³/mol. The minimum absolute atomic E-state index is 0.00594. The number of carboxylic acid groups (broad SMARTS) is 1. The number of aliphatic carboxylic acids is 1. The Hall–Kier alpha value is -1.14. The van der Waals surface area contributed by atoms with Gasteiger partial charge in [-0.05, 0) is 17.3 Å². The van der Waals surface area contributed by atoms with Crippen LogP contribution in [0, 0.1) is 23.2 Å². The van der Waals surface area contributed by atoms with Crippen molar-refractivity contribution in [1.82, 2.24) is 4.90 Å². The molecule has 0 spiro atoms. The van der Waals surface area contributed by atoms with E-state index in [1.807, 2.05) is 48.5 Å². The van der Waals surface area contributed by atoms with Crippen molar-refractivity contribution in [2.24, 2.45) is 28.9 Å². The molecule has 1 amide bonds. The first-order valence-corrected chi connectivity index (χ1v) is 9.08. The molecule has 1 unspecified atom stereocenters. The average Bonchev–Trinajstić information content (AvgIpc) is 2.49. The lowest BCUT2D eigenvalue weighted by atomic mass is 9.72. The summed E-state index contributed by atoms with van der Waals surface area (Å²) in [5.41, 5.74) is 5.54. The number of hydrogen-bond acceptors (Lipinski definition) is 4. The molecule has 0 aliphatic carbocycles. The summed E-state index contributed by atoms with van der Waals surface area (Å²) in [6, 6.07) is -0.986. The number of carbonyl (C=O) groups excluding carboxylic acids is 1. The molecular weight excluding hydrogens is 320 g/mol. The van der Waals surface area contributed by atoms with Gasteiger partial charge in [-0.2, -0.15) is 0 Å². The second-order valence-corrected chi connectivity index (χ2v) is 8.48. The highest BCUT2D eigenvalue weighted by atomic mass is 16.5. The quantitative estimate of drug-likeness (QED) is 0.661. The highest BCUT2D eigenvalue weighted by Gasteiger charge is 2.46. The summed E-state index contributed by atoms with van der Waals surface area (Å²) in [4.78, 5) is 26.4. The Labute approximate surface area is 153 Å². The lowest BCUT2D eigenvalue weighted by Crippen LogP contribution is -2.58. The summed E-state index contributed by atoms with van der Waals surface area (Å²) in [5, 5.41) is 9.82. The third-order valence-electron chi connectivity index (χ3n) is 5.16. The summed E-state index contributed by atoms with van der Waals surface area (Å²) in [6.45, 7) is 13.5. The lowest BCUT2D eigenvalue weighted by Gasteiger charge is -2.44. The zero-order valence-corrected chi connectivity index (χ0v) is 17.4. The van der Waals surface area contributed by atoms with Crippen LogP contribution in [0.4, 0.5) is 0 Å². The Bertz CT molecular complexity index is 445. The van der Waals surface area contributed by atoms with E-state index in [2.05, 4.69) is 0 Å². The topological polar surface area (TPSA) is 92.9 Å². The van der Waals surface area contributed by atoms with E-state index in [4.69, 9.17) is 10.5 Å². The van der Waals surface area contributed by atoms with E-state index in [0.29, 0.717) is 0 Å². The van der Waals surface area contributed by atoms with Gasteiger partial charge in [0.05, 0.1) is 24.1 Å². The third-order valence-corrected chi connectivity index (χ3v) is 5.16. The molecule has 5 atom stereocenters. The molecule has 0 aliphatic rings. The van der Waals surface area contributed by atoms with Gasteiger partial charge < -0.3 is 20.5 Å². The molecule has 0 bridgehead atoms. The number of nitrogens with two attached hydrogens (primary N) is 1. The Morgan fingerprint density at radius 2 is 1.68 bits per heavy atom. The highest BCUT2D eigenvalue weighted by Crippen LogP contribution is 2.35. The van der Waals surface area contributed by atoms with Crippen LogP contribution < -0.4 is 5.73 Å². The molecule has 3 N–H and O–H groups in total. The standard InChI is InChI=1S/C19H38N2O4/c1-10-12(4)15(21(8)17(22)14(20)11(2)3)16(25-9)13(18(23)24)19(5,6)7/h11-16H,10,20H2,1-9H3,(H,23,24)/t12-,13?,14-,15-,16+/m0/s1. The molecule has 0 aliphatic heterocycles. The molecular formula is C19H38N2O4. The largest absolute Gasteiger partial charge is 0.481 e. The summed E-state index contributed by atoms with van der Waals surface area (Å²) in [5.74, 6) is -1.77. The van der Waals surface area contributed by atoms with Gasteiger partial charge in [0.25, 0.3) is 0 Å². The molecule has 0 radical (unpaired) electrons. The van der Waals surface area contributed by atoms with Crippen molar-refractivity contribution in [2.45, 2.75) is 73.1 Å². The molecule has 148 valence electrons. The van der Waals surface area contributed by atoms with Crippen LogP contribution in [0.1, 0.15) is 54.9 Å². The summed E-state index contributed by atoms with van der Waals surface area (Å²) in [6.07, 6.45) is 0.177. The van der Waals surface area contributed by atoms with E-state index in [0.717, 1.165) is 6.42 Å². The monoisotopic (exact) mass is 358 g/mol. The van der Waals surface area contributed by atoms with Crippen molar-refractivity contribution in [3.63, 3.8) is 0 Å². The van der Waals surface area contributed by atoms with Crippen molar-refractivity contribution >= 4 is 11.9 Å². The number of rotatable bonds is 9. The molecule has 0 aromatic heterocycles. The van der Waals surface area contributed by atoms with Gasteiger partial charge in [-0.25, -0.2) is 0 Å². The van der Waals surface area contributed by atoms with Crippen molar-refractivity contribution in [3.05, 3.63) is 0 Å². The molecule has 0 saturated heterocycles. The maximum atomic E-state index is 12.8. The Balaban J connectivity index is 5.98. The van der Waals surface area contributed by atoms with Gasteiger partial charge in [0.2, 0.25) is 5.91 Å². The van der Waals surface area contributed by atoms with Crippen molar-refractivity contribution in [1.29, 1.82) is 0 Å². The minimum Gasteiger partial charge on any atom is -0.481 e. The predicted octanol–water partition coefficient (Wildman–Crippen LogP) is 2.60. The van der Waals surface area contributed by atoms with Crippen molar-refractivity contribution in [3.8, 4) is 0 Å². The lowest BCUT2D eigenvalue weighted by molar-refractivity contribution is -0.161. The first-order chi connectivity index (χ1) is 11.3. The maximum absolute atomic E-state index is 12.8. The van der Waals surface area contributed by atoms with Gasteiger partial charge in [0.15, 0.2) is 0 Å². The summed E-state index contributed by atoms with van der Waals surface area (Å²) < 4.78 is 5.68.